The highest BCUT2D eigenvalue weighted by molar-refractivity contribution is 6.22. The van der Waals surface area contributed by atoms with Crippen molar-refractivity contribution in [2.24, 2.45) is 0 Å². The standard InChI is InChI=1S/C44H28O/c1-3-11-29(12-4-1)31-19-21-32(22-20-31)43-36-15-7-9-17-38(36)44(39-18-10-8-16-37(39)43)34-24-26-41-40(27-34)35-25-23-33(28-42(35)45-41)30-13-5-2-6-14-30/h1-28H/i1D,3D,4D,11D,12D,23D,24D,25D,26D,27D,28D. The van der Waals surface area contributed by atoms with E-state index in [4.69, 9.17) is 15.4 Å². The first-order chi connectivity index (χ1) is 26.9. The Kier molecular flexibility index (Phi) is 3.87. The summed E-state index contributed by atoms with van der Waals surface area (Å²) in [5.74, 6) is 0. The molecule has 0 saturated heterocycles. The molecule has 0 atom stereocenters. The molecule has 0 aliphatic carbocycles. The van der Waals surface area contributed by atoms with Gasteiger partial charge in [0.15, 0.2) is 0 Å². The molecule has 0 N–H and O–H groups in total. The van der Waals surface area contributed by atoms with Crippen LogP contribution in [0.2, 0.25) is 0 Å². The Bertz CT molecular complexity index is 3050. The topological polar surface area (TPSA) is 13.1 Å². The lowest BCUT2D eigenvalue weighted by atomic mass is 9.85. The Morgan fingerprint density at radius 1 is 0.333 bits per heavy atom. The maximum atomic E-state index is 9.68. The van der Waals surface area contributed by atoms with Gasteiger partial charge in [-0.3, -0.25) is 0 Å². The van der Waals surface area contributed by atoms with Crippen LogP contribution in [0.1, 0.15) is 15.1 Å². The number of furan rings is 1. The van der Waals surface area contributed by atoms with Crippen molar-refractivity contribution in [2.75, 3.05) is 0 Å². The van der Waals surface area contributed by atoms with Gasteiger partial charge in [-0.1, -0.05) is 145 Å². The fourth-order valence-corrected chi connectivity index (χ4v) is 6.17. The van der Waals surface area contributed by atoms with E-state index in [0.717, 1.165) is 21.9 Å². The quantitative estimate of drug-likeness (QED) is 0.188. The van der Waals surface area contributed by atoms with E-state index in [1.807, 2.05) is 66.7 Å². The van der Waals surface area contributed by atoms with E-state index in [1.54, 1.807) is 36.4 Å². The second-order valence-corrected chi connectivity index (χ2v) is 10.8. The Hall–Kier alpha value is -5.92. The summed E-state index contributed by atoms with van der Waals surface area (Å²) in [7, 11) is 0. The molecule has 0 fully saturated rings. The third-order valence-corrected chi connectivity index (χ3v) is 8.22. The van der Waals surface area contributed by atoms with Gasteiger partial charge in [0, 0.05) is 10.8 Å². The van der Waals surface area contributed by atoms with Crippen molar-refractivity contribution >= 4 is 43.5 Å². The lowest BCUT2D eigenvalue weighted by Crippen LogP contribution is -1.91. The average Bonchev–Trinajstić information content (AvgIpc) is 3.63. The summed E-state index contributed by atoms with van der Waals surface area (Å²) in [5, 5.41) is 3.15. The van der Waals surface area contributed by atoms with Crippen molar-refractivity contribution in [3.8, 4) is 44.5 Å². The third kappa shape index (κ3) is 4.24. The third-order valence-electron chi connectivity index (χ3n) is 8.22. The summed E-state index contributed by atoms with van der Waals surface area (Å²) < 4.78 is 103. The minimum absolute atomic E-state index is 0.0180. The van der Waals surface area contributed by atoms with E-state index >= 15 is 0 Å². The van der Waals surface area contributed by atoms with Gasteiger partial charge in [0.2, 0.25) is 0 Å². The van der Waals surface area contributed by atoms with Crippen LogP contribution in [0.3, 0.4) is 0 Å². The van der Waals surface area contributed by atoms with Crippen LogP contribution in [0.5, 0.6) is 0 Å². The first-order valence-corrected chi connectivity index (χ1v) is 14.5. The molecule has 9 aromatic rings. The van der Waals surface area contributed by atoms with Crippen molar-refractivity contribution in [1.29, 1.82) is 0 Å². The van der Waals surface area contributed by atoms with Crippen LogP contribution in [0, 0.1) is 0 Å². The Balaban J connectivity index is 1.32. The monoisotopic (exact) mass is 583 g/mol. The van der Waals surface area contributed by atoms with Gasteiger partial charge in [-0.25, -0.2) is 0 Å². The van der Waals surface area contributed by atoms with Gasteiger partial charge < -0.3 is 4.42 Å². The van der Waals surface area contributed by atoms with Crippen LogP contribution >= 0.6 is 0 Å². The summed E-state index contributed by atoms with van der Waals surface area (Å²) in [6, 6.07) is 28.1. The molecular formula is C44H28O. The molecule has 0 spiro atoms. The molecule has 1 nitrogen and oxygen atoms in total. The zero-order chi connectivity index (χ0) is 39.3. The molecule has 0 radical (unpaired) electrons. The summed E-state index contributed by atoms with van der Waals surface area (Å²) >= 11 is 0. The van der Waals surface area contributed by atoms with E-state index < -0.39 is 18.1 Å². The molecule has 8 aromatic carbocycles. The molecule has 1 heterocycles. The van der Waals surface area contributed by atoms with Crippen LogP contribution < -0.4 is 0 Å². The summed E-state index contributed by atoms with van der Waals surface area (Å²) in [4.78, 5) is 0. The number of rotatable bonds is 4. The number of hydrogen-bond donors (Lipinski definition) is 0. The van der Waals surface area contributed by atoms with E-state index in [-0.39, 0.29) is 87.0 Å². The molecule has 1 heteroatoms. The van der Waals surface area contributed by atoms with E-state index in [2.05, 4.69) is 0 Å². The highest BCUT2D eigenvalue weighted by Gasteiger charge is 2.18. The molecule has 0 unspecified atom stereocenters. The van der Waals surface area contributed by atoms with Gasteiger partial charge in [-0.05, 0) is 90.2 Å². The van der Waals surface area contributed by atoms with Crippen molar-refractivity contribution in [2.45, 2.75) is 0 Å². The van der Waals surface area contributed by atoms with E-state index in [0.29, 0.717) is 27.5 Å². The lowest BCUT2D eigenvalue weighted by molar-refractivity contribution is 0.669. The fourth-order valence-electron chi connectivity index (χ4n) is 6.17. The van der Waals surface area contributed by atoms with Gasteiger partial charge in [0.1, 0.15) is 11.2 Å². The minimum Gasteiger partial charge on any atom is -0.456 e. The predicted molar refractivity (Wildman–Crippen MR) is 190 cm³/mol. The SMILES string of the molecule is [2H]c1c([2H])c([2H])c(-c2ccc(-c3c4ccccc4c(-c4c([2H])c([2H])c5oc6c([2H])c(-c7ccccc7)c([2H])c([2H])c6c5c4[2H])c4ccccc34)cc2)c([2H])c1[2H]. The van der Waals surface area contributed by atoms with Gasteiger partial charge >= 0.3 is 0 Å². The first-order valence-electron chi connectivity index (χ1n) is 20.0. The minimum atomic E-state index is -0.456. The highest BCUT2D eigenvalue weighted by Crippen LogP contribution is 2.45. The molecule has 0 aliphatic rings. The van der Waals surface area contributed by atoms with Crippen molar-refractivity contribution in [3.05, 3.63) is 170 Å². The Morgan fingerprint density at radius 3 is 1.56 bits per heavy atom. The van der Waals surface area contributed by atoms with Crippen LogP contribution in [0.25, 0.3) is 88.0 Å². The maximum absolute atomic E-state index is 9.68. The maximum Gasteiger partial charge on any atom is 0.136 e. The lowest BCUT2D eigenvalue weighted by Gasteiger charge is -2.18. The fraction of sp³-hybridized carbons (Fsp3) is 0. The molecule has 1 aromatic heterocycles. The second kappa shape index (κ2) is 10.4. The van der Waals surface area contributed by atoms with Crippen molar-refractivity contribution in [1.82, 2.24) is 0 Å². The van der Waals surface area contributed by atoms with Crippen LogP contribution in [-0.2, 0) is 0 Å². The highest BCUT2D eigenvalue weighted by atomic mass is 16.3. The molecule has 210 valence electrons. The summed E-state index contributed by atoms with van der Waals surface area (Å²) in [6.45, 7) is 0. The van der Waals surface area contributed by atoms with Crippen LogP contribution in [0.4, 0.5) is 0 Å². The smallest absolute Gasteiger partial charge is 0.136 e. The van der Waals surface area contributed by atoms with Crippen molar-refractivity contribution < 1.29 is 19.5 Å². The van der Waals surface area contributed by atoms with Crippen LogP contribution in [0.15, 0.2) is 174 Å². The largest absolute Gasteiger partial charge is 0.456 e. The Labute approximate surface area is 277 Å². The second-order valence-electron chi connectivity index (χ2n) is 10.8. The average molecular weight is 584 g/mol. The summed E-state index contributed by atoms with van der Waals surface area (Å²) in [5.41, 5.74) is 3.57. The first kappa shape index (κ1) is 16.8. The molecule has 9 rings (SSSR count). The van der Waals surface area contributed by atoms with Crippen molar-refractivity contribution in [3.63, 3.8) is 0 Å². The molecular weight excluding hydrogens is 544 g/mol. The zero-order valence-electron chi connectivity index (χ0n) is 34.7. The van der Waals surface area contributed by atoms with E-state index in [9.17, 15) is 4.11 Å². The number of fused-ring (bicyclic) bond motifs is 5. The van der Waals surface area contributed by atoms with Crippen LogP contribution in [-0.4, -0.2) is 0 Å². The zero-order valence-corrected chi connectivity index (χ0v) is 23.7. The van der Waals surface area contributed by atoms with Gasteiger partial charge in [0.25, 0.3) is 0 Å². The predicted octanol–water partition coefficient (Wildman–Crippen LogP) is 12.6. The van der Waals surface area contributed by atoms with Gasteiger partial charge in [-0.2, -0.15) is 0 Å². The van der Waals surface area contributed by atoms with E-state index in [1.165, 1.54) is 0 Å². The molecule has 45 heavy (non-hydrogen) atoms. The number of hydrogen-bond acceptors (Lipinski definition) is 1. The molecule has 0 bridgehead atoms. The Morgan fingerprint density at radius 2 is 0.889 bits per heavy atom. The van der Waals surface area contributed by atoms with Gasteiger partial charge in [-0.15, -0.1) is 0 Å². The molecule has 0 saturated carbocycles. The summed E-state index contributed by atoms with van der Waals surface area (Å²) in [6.07, 6.45) is 0. The molecule has 0 amide bonds. The normalized spacial score (nSPS) is 15.0. The van der Waals surface area contributed by atoms with Gasteiger partial charge in [0.05, 0.1) is 15.1 Å². The molecule has 0 aliphatic heterocycles. The number of benzene rings is 8.